The Bertz CT molecular complexity index is 1230. The second kappa shape index (κ2) is 10.7. The Kier molecular flexibility index (Phi) is 7.48. The number of hydrogen-bond donors (Lipinski definition) is 4. The molecule has 4 N–H and O–H groups in total. The van der Waals surface area contributed by atoms with Gasteiger partial charge in [0.15, 0.2) is 0 Å². The van der Waals surface area contributed by atoms with Gasteiger partial charge in [-0.1, -0.05) is 64.5 Å². The third-order valence-corrected chi connectivity index (χ3v) is 6.23. The Morgan fingerprint density at radius 1 is 0.971 bits per heavy atom. The smallest absolute Gasteiger partial charge is 0.411 e. The molecule has 0 aromatic heterocycles. The van der Waals surface area contributed by atoms with Crippen LogP contribution in [0, 0.1) is 0 Å². The fourth-order valence-electron chi connectivity index (χ4n) is 4.17. The first kappa shape index (κ1) is 24.4. The number of aliphatic carboxylic acids is 1. The number of nitrogens with one attached hydrogen (secondary N) is 2. The van der Waals surface area contributed by atoms with Gasteiger partial charge in [-0.05, 0) is 40.5 Å². The number of anilines is 1. The fourth-order valence-corrected chi connectivity index (χ4v) is 4.67. The molecule has 0 spiro atoms. The number of amides is 2. The van der Waals surface area contributed by atoms with Crippen molar-refractivity contribution in [3.63, 3.8) is 0 Å². The number of aliphatic hydroxyl groups excluding tert-OH is 1. The number of carboxylic acid groups (broad SMARTS) is 1. The summed E-state index contributed by atoms with van der Waals surface area (Å²) in [5, 5.41) is 23.2. The van der Waals surface area contributed by atoms with Gasteiger partial charge in [-0.15, -0.1) is 0 Å². The first-order chi connectivity index (χ1) is 16.9. The predicted octanol–water partition coefficient (Wildman–Crippen LogP) is 4.38. The summed E-state index contributed by atoms with van der Waals surface area (Å²) in [7, 11) is 0. The molecule has 0 aliphatic heterocycles. The Labute approximate surface area is 210 Å². The molecule has 0 unspecified atom stereocenters. The van der Waals surface area contributed by atoms with Crippen LogP contribution >= 0.6 is 15.9 Å². The molecule has 0 fully saturated rings. The Morgan fingerprint density at radius 2 is 1.60 bits per heavy atom. The van der Waals surface area contributed by atoms with E-state index in [1.165, 1.54) is 12.1 Å². The lowest BCUT2D eigenvalue weighted by Gasteiger charge is -2.16. The van der Waals surface area contributed by atoms with Crippen molar-refractivity contribution >= 4 is 39.6 Å². The molecule has 1 aliphatic rings. The molecular weight excluding hydrogens is 516 g/mol. The maximum atomic E-state index is 12.6. The van der Waals surface area contributed by atoms with E-state index in [-0.39, 0.29) is 31.1 Å². The van der Waals surface area contributed by atoms with E-state index in [0.29, 0.717) is 10.2 Å². The van der Waals surface area contributed by atoms with Crippen molar-refractivity contribution in [2.24, 2.45) is 0 Å². The maximum absolute atomic E-state index is 12.6. The van der Waals surface area contributed by atoms with Crippen LogP contribution in [-0.4, -0.2) is 47.4 Å². The van der Waals surface area contributed by atoms with E-state index in [9.17, 15) is 19.5 Å². The van der Waals surface area contributed by atoms with Gasteiger partial charge < -0.3 is 20.3 Å². The molecule has 0 radical (unpaired) electrons. The lowest BCUT2D eigenvalue weighted by atomic mass is 9.98. The predicted molar refractivity (Wildman–Crippen MR) is 133 cm³/mol. The molecule has 3 aromatic carbocycles. The monoisotopic (exact) mass is 538 g/mol. The standard InChI is InChI=1S/C26H23BrN2O6/c27-16-11-15(24(31)29-23(9-10-30)25(32)33)12-17(13-16)28-26(34)35-14-22-20-7-3-1-5-18(20)19-6-2-4-8-21(19)22/h1-8,11-13,22-23,30H,9-10,14H2,(H,28,34)(H,29,31)(H,32,33)/t23-/m0/s1. The summed E-state index contributed by atoms with van der Waals surface area (Å²) in [6, 6.07) is 19.3. The zero-order chi connectivity index (χ0) is 24.9. The lowest BCUT2D eigenvalue weighted by Crippen LogP contribution is -2.41. The molecular formula is C26H23BrN2O6. The van der Waals surface area contributed by atoms with Gasteiger partial charge in [0.1, 0.15) is 12.6 Å². The molecule has 8 nitrogen and oxygen atoms in total. The summed E-state index contributed by atoms with van der Waals surface area (Å²) in [5.74, 6) is -1.99. The summed E-state index contributed by atoms with van der Waals surface area (Å²) in [6.07, 6.45) is -0.806. The first-order valence-corrected chi connectivity index (χ1v) is 11.7. The summed E-state index contributed by atoms with van der Waals surface area (Å²) in [6.45, 7) is -0.243. The van der Waals surface area contributed by atoms with E-state index < -0.39 is 24.0 Å². The van der Waals surface area contributed by atoms with Crippen molar-refractivity contribution in [1.82, 2.24) is 5.32 Å². The molecule has 2 amide bonds. The lowest BCUT2D eigenvalue weighted by molar-refractivity contribution is -0.139. The highest BCUT2D eigenvalue weighted by molar-refractivity contribution is 9.10. The number of halogens is 1. The van der Waals surface area contributed by atoms with Crippen molar-refractivity contribution in [2.75, 3.05) is 18.5 Å². The molecule has 3 aromatic rings. The Morgan fingerprint density at radius 3 is 2.20 bits per heavy atom. The van der Waals surface area contributed by atoms with Crippen LogP contribution in [0.4, 0.5) is 10.5 Å². The molecule has 0 saturated carbocycles. The number of carbonyl (C=O) groups excluding carboxylic acids is 2. The van der Waals surface area contributed by atoms with Gasteiger partial charge in [0.25, 0.3) is 5.91 Å². The molecule has 9 heteroatoms. The van der Waals surface area contributed by atoms with Gasteiger partial charge in [-0.25, -0.2) is 9.59 Å². The first-order valence-electron chi connectivity index (χ1n) is 10.9. The van der Waals surface area contributed by atoms with Crippen molar-refractivity contribution < 1.29 is 29.3 Å². The van der Waals surface area contributed by atoms with Crippen LogP contribution in [0.1, 0.15) is 33.8 Å². The third-order valence-electron chi connectivity index (χ3n) is 5.77. The van der Waals surface area contributed by atoms with Gasteiger partial charge >= 0.3 is 12.1 Å². The maximum Gasteiger partial charge on any atom is 0.411 e. The number of rotatable bonds is 8. The average molecular weight is 539 g/mol. The summed E-state index contributed by atoms with van der Waals surface area (Å²) >= 11 is 3.30. The van der Waals surface area contributed by atoms with E-state index in [2.05, 4.69) is 38.7 Å². The number of benzene rings is 3. The van der Waals surface area contributed by atoms with E-state index in [1.54, 1.807) is 6.07 Å². The largest absolute Gasteiger partial charge is 0.480 e. The van der Waals surface area contributed by atoms with Crippen LogP contribution in [0.2, 0.25) is 0 Å². The van der Waals surface area contributed by atoms with Crippen molar-refractivity contribution in [3.05, 3.63) is 87.9 Å². The Hall–Kier alpha value is -3.69. The summed E-state index contributed by atoms with van der Waals surface area (Å²) < 4.78 is 6.05. The molecule has 1 atom stereocenters. The molecule has 0 saturated heterocycles. The Balaban J connectivity index is 1.43. The van der Waals surface area contributed by atoms with Crippen LogP contribution in [0.15, 0.2) is 71.2 Å². The number of carbonyl (C=O) groups is 3. The van der Waals surface area contributed by atoms with E-state index in [4.69, 9.17) is 9.84 Å². The second-order valence-corrected chi connectivity index (χ2v) is 8.97. The van der Waals surface area contributed by atoms with Crippen molar-refractivity contribution in [3.8, 4) is 11.1 Å². The van der Waals surface area contributed by atoms with E-state index in [0.717, 1.165) is 22.3 Å². The number of ether oxygens (including phenoxy) is 1. The zero-order valence-corrected chi connectivity index (χ0v) is 20.1. The number of hydrogen-bond acceptors (Lipinski definition) is 5. The fraction of sp³-hybridized carbons (Fsp3) is 0.192. The topological polar surface area (TPSA) is 125 Å². The van der Waals surface area contributed by atoms with Crippen LogP contribution < -0.4 is 10.6 Å². The number of aliphatic hydroxyl groups is 1. The van der Waals surface area contributed by atoms with Crippen LogP contribution in [0.5, 0.6) is 0 Å². The quantitative estimate of drug-likeness (QED) is 0.337. The normalized spacial score (nSPS) is 12.9. The van der Waals surface area contributed by atoms with Crippen LogP contribution in [0.25, 0.3) is 11.1 Å². The van der Waals surface area contributed by atoms with Gasteiger partial charge in [-0.3, -0.25) is 10.1 Å². The van der Waals surface area contributed by atoms with Gasteiger partial charge in [-0.2, -0.15) is 0 Å². The molecule has 1 aliphatic carbocycles. The van der Waals surface area contributed by atoms with Gasteiger partial charge in [0.2, 0.25) is 0 Å². The minimum atomic E-state index is -1.25. The van der Waals surface area contributed by atoms with Gasteiger partial charge in [0, 0.05) is 34.7 Å². The second-order valence-electron chi connectivity index (χ2n) is 8.06. The molecule has 4 rings (SSSR count). The van der Waals surface area contributed by atoms with Crippen LogP contribution in [0.3, 0.4) is 0 Å². The highest BCUT2D eigenvalue weighted by atomic mass is 79.9. The van der Waals surface area contributed by atoms with Crippen LogP contribution in [-0.2, 0) is 9.53 Å². The van der Waals surface area contributed by atoms with E-state index >= 15 is 0 Å². The highest BCUT2D eigenvalue weighted by Crippen LogP contribution is 2.44. The average Bonchev–Trinajstić information content (AvgIpc) is 3.15. The number of fused-ring (bicyclic) bond motifs is 3. The van der Waals surface area contributed by atoms with Crippen molar-refractivity contribution in [1.29, 1.82) is 0 Å². The van der Waals surface area contributed by atoms with E-state index in [1.807, 2.05) is 36.4 Å². The zero-order valence-electron chi connectivity index (χ0n) is 18.5. The molecule has 0 heterocycles. The summed E-state index contributed by atoms with van der Waals surface area (Å²) in [4.78, 5) is 36.4. The SMILES string of the molecule is O=C(Nc1cc(Br)cc(C(=O)N[C@@H](CCO)C(=O)O)c1)OCC1c2ccccc2-c2ccccc21. The third kappa shape index (κ3) is 5.52. The minimum absolute atomic E-state index is 0.0866. The number of carboxylic acids is 1. The van der Waals surface area contributed by atoms with Crippen molar-refractivity contribution in [2.45, 2.75) is 18.4 Å². The molecule has 35 heavy (non-hydrogen) atoms. The van der Waals surface area contributed by atoms with Gasteiger partial charge in [0.05, 0.1) is 0 Å². The highest BCUT2D eigenvalue weighted by Gasteiger charge is 2.29. The minimum Gasteiger partial charge on any atom is -0.480 e. The molecule has 0 bridgehead atoms. The molecule has 180 valence electrons. The summed E-state index contributed by atoms with van der Waals surface area (Å²) in [5.41, 5.74) is 4.88.